The maximum Gasteiger partial charge on any atom is 0.315 e. The maximum absolute atomic E-state index is 12.6. The van der Waals surface area contributed by atoms with Gasteiger partial charge in [-0.3, -0.25) is 14.7 Å². The van der Waals surface area contributed by atoms with Crippen LogP contribution in [0, 0.1) is 11.8 Å². The molecule has 2 bridgehead atoms. The van der Waals surface area contributed by atoms with Gasteiger partial charge in [-0.15, -0.1) is 0 Å². The second kappa shape index (κ2) is 7.73. The zero-order chi connectivity index (χ0) is 16.1. The van der Waals surface area contributed by atoms with Crippen molar-refractivity contribution in [1.82, 2.24) is 4.90 Å². The molecule has 0 aromatic carbocycles. The van der Waals surface area contributed by atoms with E-state index in [9.17, 15) is 4.79 Å². The normalized spacial score (nSPS) is 29.0. The van der Waals surface area contributed by atoms with Crippen LogP contribution in [0.25, 0.3) is 0 Å². The molecule has 0 aromatic heterocycles. The third-order valence-corrected chi connectivity index (χ3v) is 4.91. The van der Waals surface area contributed by atoms with Crippen molar-refractivity contribution >= 4 is 11.7 Å². The van der Waals surface area contributed by atoms with E-state index in [0.29, 0.717) is 18.0 Å². The number of rotatable bonds is 7. The molecular formula is C18H28N2O2. The number of aliphatic imine (C=N–C) groups is 1. The fraction of sp³-hybridized carbons (Fsp3) is 0.667. The van der Waals surface area contributed by atoms with Crippen molar-refractivity contribution < 1.29 is 9.53 Å². The molecule has 4 heteroatoms. The third kappa shape index (κ3) is 4.07. The van der Waals surface area contributed by atoms with E-state index in [2.05, 4.69) is 30.0 Å². The summed E-state index contributed by atoms with van der Waals surface area (Å²) in [4.78, 5) is 19.4. The van der Waals surface area contributed by atoms with Gasteiger partial charge in [0.05, 0.1) is 6.54 Å². The average molecular weight is 304 g/mol. The van der Waals surface area contributed by atoms with Gasteiger partial charge in [0.25, 0.3) is 0 Å². The first kappa shape index (κ1) is 16.9. The van der Waals surface area contributed by atoms with Gasteiger partial charge in [-0.25, -0.2) is 0 Å². The van der Waals surface area contributed by atoms with E-state index in [1.807, 2.05) is 6.92 Å². The molecule has 3 fully saturated rings. The standard InChI is InChI=1S/C18H28N2O2/c1-5-13(3)16(11-19-14(4)6-2)18(21)22-17-12-20-9-7-15(17)8-10-20/h5,15-17H,1,3,6-12H2,2,4H3. The number of hydrogen-bond donors (Lipinski definition) is 0. The Morgan fingerprint density at radius 2 is 2.14 bits per heavy atom. The molecule has 3 saturated heterocycles. The number of esters is 1. The summed E-state index contributed by atoms with van der Waals surface area (Å²) in [6.07, 6.45) is 4.84. The van der Waals surface area contributed by atoms with Crippen LogP contribution in [-0.4, -0.2) is 48.9 Å². The zero-order valence-electron chi connectivity index (χ0n) is 13.9. The van der Waals surface area contributed by atoms with Crippen LogP contribution in [0.15, 0.2) is 29.8 Å². The monoisotopic (exact) mass is 304 g/mol. The Balaban J connectivity index is 1.99. The molecule has 3 heterocycles. The van der Waals surface area contributed by atoms with E-state index in [4.69, 9.17) is 4.74 Å². The number of nitrogens with zero attached hydrogens (tertiary/aromatic N) is 2. The lowest BCUT2D eigenvalue weighted by Gasteiger charge is -2.44. The largest absolute Gasteiger partial charge is 0.460 e. The molecule has 2 atom stereocenters. The van der Waals surface area contributed by atoms with Crippen LogP contribution in [-0.2, 0) is 9.53 Å². The number of fused-ring (bicyclic) bond motifs is 3. The first-order chi connectivity index (χ1) is 10.5. The van der Waals surface area contributed by atoms with Crippen LogP contribution in [0.3, 0.4) is 0 Å². The smallest absolute Gasteiger partial charge is 0.315 e. The number of hydrogen-bond acceptors (Lipinski definition) is 4. The number of carbonyl (C=O) groups is 1. The summed E-state index contributed by atoms with van der Waals surface area (Å²) in [5.74, 6) is -0.0850. The summed E-state index contributed by atoms with van der Waals surface area (Å²) >= 11 is 0. The molecule has 3 aliphatic heterocycles. The van der Waals surface area contributed by atoms with Gasteiger partial charge in [0.1, 0.15) is 12.0 Å². The summed E-state index contributed by atoms with van der Waals surface area (Å²) in [5, 5.41) is 0. The molecular weight excluding hydrogens is 276 g/mol. The van der Waals surface area contributed by atoms with Crippen LogP contribution < -0.4 is 0 Å². The number of ether oxygens (including phenoxy) is 1. The summed E-state index contributed by atoms with van der Waals surface area (Å²) < 4.78 is 5.82. The highest BCUT2D eigenvalue weighted by atomic mass is 16.5. The maximum atomic E-state index is 12.6. The van der Waals surface area contributed by atoms with Crippen molar-refractivity contribution in [3.63, 3.8) is 0 Å². The van der Waals surface area contributed by atoms with Gasteiger partial charge in [0.15, 0.2) is 0 Å². The SMILES string of the molecule is C=CC(=C)C(CN=C(C)CC)C(=O)OC1CN2CCC1CC2. The minimum atomic E-state index is -0.408. The summed E-state index contributed by atoms with van der Waals surface area (Å²) in [6.45, 7) is 15.3. The Morgan fingerprint density at radius 3 is 2.64 bits per heavy atom. The van der Waals surface area contributed by atoms with Gasteiger partial charge >= 0.3 is 5.97 Å². The van der Waals surface area contributed by atoms with Gasteiger partial charge in [-0.1, -0.05) is 26.2 Å². The highest BCUT2D eigenvalue weighted by Gasteiger charge is 2.37. The zero-order valence-corrected chi connectivity index (χ0v) is 13.9. The van der Waals surface area contributed by atoms with Gasteiger partial charge in [0, 0.05) is 12.3 Å². The van der Waals surface area contributed by atoms with Crippen molar-refractivity contribution in [3.05, 3.63) is 24.8 Å². The van der Waals surface area contributed by atoms with E-state index in [1.165, 1.54) is 0 Å². The molecule has 3 rings (SSSR count). The third-order valence-electron chi connectivity index (χ3n) is 4.91. The van der Waals surface area contributed by atoms with Gasteiger partial charge in [-0.05, 0) is 50.8 Å². The van der Waals surface area contributed by atoms with Crippen LogP contribution in [0.2, 0.25) is 0 Å². The Labute approximate surface area is 133 Å². The second-order valence-corrected chi connectivity index (χ2v) is 6.37. The number of piperidine rings is 3. The highest BCUT2D eigenvalue weighted by molar-refractivity contribution is 5.82. The van der Waals surface area contributed by atoms with Crippen LogP contribution >= 0.6 is 0 Å². The molecule has 0 aliphatic carbocycles. The van der Waals surface area contributed by atoms with Gasteiger partial charge in [-0.2, -0.15) is 0 Å². The quantitative estimate of drug-likeness (QED) is 0.412. The van der Waals surface area contributed by atoms with E-state index in [0.717, 1.165) is 44.6 Å². The number of carbonyl (C=O) groups excluding carboxylic acids is 1. The lowest BCUT2D eigenvalue weighted by atomic mass is 9.85. The topological polar surface area (TPSA) is 41.9 Å². The molecule has 22 heavy (non-hydrogen) atoms. The highest BCUT2D eigenvalue weighted by Crippen LogP contribution is 2.30. The van der Waals surface area contributed by atoms with E-state index < -0.39 is 5.92 Å². The molecule has 0 radical (unpaired) electrons. The first-order valence-electron chi connectivity index (χ1n) is 8.29. The lowest BCUT2D eigenvalue weighted by molar-refractivity contribution is -0.161. The predicted molar refractivity (Wildman–Crippen MR) is 90.1 cm³/mol. The van der Waals surface area contributed by atoms with E-state index in [-0.39, 0.29) is 12.1 Å². The molecule has 2 unspecified atom stereocenters. The van der Waals surface area contributed by atoms with Crippen LogP contribution in [0.1, 0.15) is 33.1 Å². The van der Waals surface area contributed by atoms with Gasteiger partial charge < -0.3 is 4.74 Å². The predicted octanol–water partition coefficient (Wildman–Crippen LogP) is 2.85. The summed E-state index contributed by atoms with van der Waals surface area (Å²) in [7, 11) is 0. The molecule has 0 aromatic rings. The fourth-order valence-electron chi connectivity index (χ4n) is 3.12. The minimum Gasteiger partial charge on any atom is -0.460 e. The van der Waals surface area contributed by atoms with Crippen LogP contribution in [0.4, 0.5) is 0 Å². The van der Waals surface area contributed by atoms with Crippen LogP contribution in [0.5, 0.6) is 0 Å². The van der Waals surface area contributed by atoms with Crippen molar-refractivity contribution in [1.29, 1.82) is 0 Å². The first-order valence-corrected chi connectivity index (χ1v) is 8.29. The molecule has 122 valence electrons. The minimum absolute atomic E-state index is 0.0337. The fourth-order valence-corrected chi connectivity index (χ4v) is 3.12. The Kier molecular flexibility index (Phi) is 5.95. The Hall–Kier alpha value is -1.42. The summed E-state index contributed by atoms with van der Waals surface area (Å²) in [6, 6.07) is 0. The van der Waals surface area contributed by atoms with E-state index in [1.54, 1.807) is 6.08 Å². The van der Waals surface area contributed by atoms with Crippen molar-refractivity contribution in [2.45, 2.75) is 39.2 Å². The molecule has 0 N–H and O–H groups in total. The molecule has 0 saturated carbocycles. The van der Waals surface area contributed by atoms with Crippen molar-refractivity contribution in [3.8, 4) is 0 Å². The molecule has 4 nitrogen and oxygen atoms in total. The number of allylic oxidation sites excluding steroid dienone is 1. The average Bonchev–Trinajstić information content (AvgIpc) is 2.55. The van der Waals surface area contributed by atoms with E-state index >= 15 is 0 Å². The molecule has 0 spiro atoms. The molecule has 3 aliphatic rings. The Bertz CT molecular complexity index is 462. The van der Waals surface area contributed by atoms with Crippen molar-refractivity contribution in [2.24, 2.45) is 16.8 Å². The van der Waals surface area contributed by atoms with Gasteiger partial charge in [0.2, 0.25) is 0 Å². The second-order valence-electron chi connectivity index (χ2n) is 6.37. The summed E-state index contributed by atoms with van der Waals surface area (Å²) in [5.41, 5.74) is 1.73. The molecule has 0 amide bonds. The lowest BCUT2D eigenvalue weighted by Crippen LogP contribution is -2.52. The Morgan fingerprint density at radius 1 is 1.45 bits per heavy atom. The van der Waals surface area contributed by atoms with Crippen molar-refractivity contribution in [2.75, 3.05) is 26.2 Å².